The molecule has 0 spiro atoms. The minimum Gasteiger partial charge on any atom is -0.415 e. The summed E-state index contributed by atoms with van der Waals surface area (Å²) >= 11 is 0. The van der Waals surface area contributed by atoms with Crippen molar-refractivity contribution in [3.63, 3.8) is 0 Å². The van der Waals surface area contributed by atoms with Crippen molar-refractivity contribution in [3.05, 3.63) is 73.3 Å². The fourth-order valence-electron chi connectivity index (χ4n) is 2.94. The molecule has 0 saturated carbocycles. The molecule has 0 aliphatic rings. The van der Waals surface area contributed by atoms with Gasteiger partial charge in [0, 0.05) is 0 Å². The van der Waals surface area contributed by atoms with Gasteiger partial charge in [-0.3, -0.25) is 0 Å². The quantitative estimate of drug-likeness (QED) is 0.387. The maximum atomic E-state index is 13.5. The predicted octanol–water partition coefficient (Wildman–Crippen LogP) is 4.12. The molecule has 0 unspecified atom stereocenters. The van der Waals surface area contributed by atoms with Crippen LogP contribution in [-0.4, -0.2) is 32.0 Å². The van der Waals surface area contributed by atoms with E-state index in [0.717, 1.165) is 0 Å². The maximum absolute atomic E-state index is 13.5. The Balaban J connectivity index is 1.47. The van der Waals surface area contributed by atoms with Crippen LogP contribution in [0.4, 0.5) is 5.82 Å². The van der Waals surface area contributed by atoms with Crippen molar-refractivity contribution in [1.29, 1.82) is 0 Å². The number of benzene rings is 2. The predicted molar refractivity (Wildman–Crippen MR) is 117 cm³/mol. The molecular weight excluding hydrogens is 417 g/mol. The van der Waals surface area contributed by atoms with Gasteiger partial charge in [0.1, 0.15) is 23.3 Å². The molecule has 0 amide bonds. The lowest BCUT2D eigenvalue weighted by Crippen LogP contribution is -2.19. The topological polar surface area (TPSA) is 114 Å². The van der Waals surface area contributed by atoms with E-state index in [9.17, 15) is 4.57 Å². The van der Waals surface area contributed by atoms with E-state index >= 15 is 0 Å². The molecule has 4 aromatic rings. The van der Waals surface area contributed by atoms with Crippen molar-refractivity contribution in [2.24, 2.45) is 0 Å². The second-order valence-electron chi connectivity index (χ2n) is 6.85. The first-order chi connectivity index (χ1) is 15.0. The Labute approximate surface area is 179 Å². The Morgan fingerprint density at radius 3 is 2.19 bits per heavy atom. The summed E-state index contributed by atoms with van der Waals surface area (Å²) in [6.45, 7) is 2.27. The van der Waals surface area contributed by atoms with Gasteiger partial charge in [-0.1, -0.05) is 36.4 Å². The molecule has 4 rings (SSSR count). The molecule has 0 radical (unpaired) electrons. The number of hydrogen-bond donors (Lipinski definition) is 1. The van der Waals surface area contributed by atoms with Crippen LogP contribution in [0.2, 0.25) is 0 Å². The highest BCUT2D eigenvalue weighted by Gasteiger charge is 2.30. The second-order valence-corrected chi connectivity index (χ2v) is 8.70. The summed E-state index contributed by atoms with van der Waals surface area (Å²) in [6, 6.07) is 17.7. The van der Waals surface area contributed by atoms with Crippen LogP contribution in [0.5, 0.6) is 11.5 Å². The smallest absolute Gasteiger partial charge is 0.415 e. The number of nitrogens with zero attached hydrogens (tertiary/aromatic N) is 4. The Morgan fingerprint density at radius 1 is 0.968 bits per heavy atom. The molecule has 0 bridgehead atoms. The van der Waals surface area contributed by atoms with Gasteiger partial charge in [-0.2, -0.15) is 0 Å². The monoisotopic (exact) mass is 439 g/mol. The third-order valence-electron chi connectivity index (χ3n) is 4.38. The average Bonchev–Trinajstić information content (AvgIpc) is 3.18. The van der Waals surface area contributed by atoms with Gasteiger partial charge in [0.25, 0.3) is 0 Å². The minimum atomic E-state index is -3.66. The van der Waals surface area contributed by atoms with Crippen molar-refractivity contribution in [2.75, 3.05) is 12.1 Å². The molecule has 2 N–H and O–H groups in total. The van der Waals surface area contributed by atoms with Crippen molar-refractivity contribution in [1.82, 2.24) is 19.5 Å². The second kappa shape index (κ2) is 9.16. The molecule has 0 aliphatic carbocycles. The molecule has 10 heteroatoms. The first-order valence-electron chi connectivity index (χ1n) is 9.64. The highest BCUT2D eigenvalue weighted by molar-refractivity contribution is 7.54. The number of rotatable bonds is 9. The molecule has 2 heterocycles. The zero-order valence-electron chi connectivity index (χ0n) is 16.9. The lowest BCUT2D eigenvalue weighted by atomic mass is 10.3. The Kier molecular flexibility index (Phi) is 6.16. The van der Waals surface area contributed by atoms with E-state index in [-0.39, 0.29) is 12.5 Å². The Morgan fingerprint density at radius 2 is 1.58 bits per heavy atom. The highest BCUT2D eigenvalue weighted by Crippen LogP contribution is 2.48. The number of imidazole rings is 1. The fourth-order valence-corrected chi connectivity index (χ4v) is 4.40. The third kappa shape index (κ3) is 5.20. The van der Waals surface area contributed by atoms with E-state index in [2.05, 4.69) is 15.0 Å². The van der Waals surface area contributed by atoms with Gasteiger partial charge in [-0.05, 0) is 31.2 Å². The Bertz CT molecular complexity index is 1140. The number of nitrogen functional groups attached to an aromatic ring is 1. The lowest BCUT2D eigenvalue weighted by molar-refractivity contribution is 0.0780. The van der Waals surface area contributed by atoms with Crippen molar-refractivity contribution in [2.45, 2.75) is 19.6 Å². The fraction of sp³-hybridized carbons (Fsp3) is 0.190. The van der Waals surface area contributed by atoms with E-state index in [1.807, 2.05) is 19.1 Å². The number of anilines is 1. The normalized spacial score (nSPS) is 12.5. The van der Waals surface area contributed by atoms with Crippen LogP contribution in [-0.2, 0) is 15.8 Å². The van der Waals surface area contributed by atoms with E-state index in [1.54, 1.807) is 59.4 Å². The summed E-state index contributed by atoms with van der Waals surface area (Å²) in [6.07, 6.45) is 2.44. The molecule has 0 aliphatic heterocycles. The number of aromatic nitrogens is 4. The molecule has 31 heavy (non-hydrogen) atoms. The minimum absolute atomic E-state index is 0.234. The molecule has 9 nitrogen and oxygen atoms in total. The lowest BCUT2D eigenvalue weighted by Gasteiger charge is -2.22. The summed E-state index contributed by atoms with van der Waals surface area (Å²) in [5.41, 5.74) is 6.97. The van der Waals surface area contributed by atoms with Gasteiger partial charge in [0.2, 0.25) is 0 Å². The first-order valence-corrected chi connectivity index (χ1v) is 11.4. The van der Waals surface area contributed by atoms with Gasteiger partial charge in [-0.15, -0.1) is 0 Å². The molecule has 160 valence electrons. The number of para-hydroxylation sites is 2. The van der Waals surface area contributed by atoms with E-state index in [0.29, 0.717) is 35.0 Å². The van der Waals surface area contributed by atoms with Gasteiger partial charge in [0.15, 0.2) is 17.8 Å². The van der Waals surface area contributed by atoms with Gasteiger partial charge < -0.3 is 24.1 Å². The number of hydrogen-bond acceptors (Lipinski definition) is 8. The van der Waals surface area contributed by atoms with Gasteiger partial charge >= 0.3 is 7.60 Å². The zero-order valence-corrected chi connectivity index (χ0v) is 17.8. The van der Waals surface area contributed by atoms with Crippen LogP contribution in [0.1, 0.15) is 6.92 Å². The van der Waals surface area contributed by atoms with E-state index < -0.39 is 7.60 Å². The number of nitrogens with two attached hydrogens (primary N) is 1. The summed E-state index contributed by atoms with van der Waals surface area (Å²) in [7, 11) is -3.66. The zero-order chi connectivity index (χ0) is 21.7. The van der Waals surface area contributed by atoms with Crippen LogP contribution in [0.25, 0.3) is 11.2 Å². The Hall–Kier alpha value is -3.42. The average molecular weight is 439 g/mol. The van der Waals surface area contributed by atoms with Gasteiger partial charge in [-0.25, -0.2) is 19.5 Å². The van der Waals surface area contributed by atoms with Crippen LogP contribution in [0, 0.1) is 0 Å². The van der Waals surface area contributed by atoms with Crippen LogP contribution < -0.4 is 14.8 Å². The van der Waals surface area contributed by atoms with E-state index in [1.165, 1.54) is 6.33 Å². The third-order valence-corrected chi connectivity index (χ3v) is 5.82. The highest BCUT2D eigenvalue weighted by atomic mass is 31.2. The van der Waals surface area contributed by atoms with Crippen LogP contribution >= 0.6 is 7.60 Å². The summed E-state index contributed by atoms with van der Waals surface area (Å²) < 4.78 is 32.6. The summed E-state index contributed by atoms with van der Waals surface area (Å²) in [5.74, 6) is 1.19. The van der Waals surface area contributed by atoms with Crippen LogP contribution in [0.15, 0.2) is 73.3 Å². The van der Waals surface area contributed by atoms with E-state index in [4.69, 9.17) is 19.5 Å². The number of ether oxygens (including phenoxy) is 1. The number of fused-ring (bicyclic) bond motifs is 1. The molecular formula is C21H22N5O4P. The van der Waals surface area contributed by atoms with Crippen LogP contribution in [0.3, 0.4) is 0 Å². The summed E-state index contributed by atoms with van der Waals surface area (Å²) in [4.78, 5) is 12.4. The molecule has 1 atom stereocenters. The standard InChI is InChI=1S/C21H22N5O4P/c1-16(12-26-14-25-19-20(22)23-13-24-21(19)26)28-15-31(27,29-17-8-4-2-5-9-17)30-18-10-6-3-7-11-18/h2-11,13-14,16H,12,15H2,1H3,(H2,22,23,24)/t16-/m0/s1. The van der Waals surface area contributed by atoms with Crippen molar-refractivity contribution in [3.8, 4) is 11.5 Å². The van der Waals surface area contributed by atoms with Crippen molar-refractivity contribution >= 4 is 24.6 Å². The molecule has 0 fully saturated rings. The van der Waals surface area contributed by atoms with Gasteiger partial charge in [0.05, 0.1) is 19.0 Å². The first kappa shape index (κ1) is 20.8. The largest absolute Gasteiger partial charge is 0.456 e. The summed E-state index contributed by atoms with van der Waals surface area (Å²) in [5, 5.41) is 0. The van der Waals surface area contributed by atoms with Crippen molar-refractivity contribution < 1.29 is 18.3 Å². The molecule has 2 aromatic heterocycles. The molecule has 0 saturated heterocycles. The molecule has 2 aromatic carbocycles. The SMILES string of the molecule is C[C@@H](Cn1cnc2c(N)ncnc21)OCP(=O)(Oc1ccccc1)Oc1ccccc1. The maximum Gasteiger partial charge on any atom is 0.456 e.